The van der Waals surface area contributed by atoms with Crippen LogP contribution in [0, 0.1) is 6.42 Å². The summed E-state index contributed by atoms with van der Waals surface area (Å²) >= 11 is 0. The topological polar surface area (TPSA) is 34.1 Å². The summed E-state index contributed by atoms with van der Waals surface area (Å²) in [5.41, 5.74) is 0. The van der Waals surface area contributed by atoms with Gasteiger partial charge in [-0.15, -0.1) is 0 Å². The van der Waals surface area contributed by atoms with Crippen molar-refractivity contribution in [3.8, 4) is 0 Å². The number of rotatable bonds is 0. The number of hydrogen-bond donors (Lipinski definition) is 0. The van der Waals surface area contributed by atoms with E-state index in [9.17, 15) is 9.59 Å². The Morgan fingerprint density at radius 2 is 1.44 bits per heavy atom. The van der Waals surface area contributed by atoms with Gasteiger partial charge in [-0.25, -0.2) is 0 Å². The molecule has 0 unspecified atom stereocenters. The van der Waals surface area contributed by atoms with Crippen molar-refractivity contribution >= 4 is 11.6 Å². The average molecular weight is 125 g/mol. The predicted molar refractivity (Wildman–Crippen MR) is 32.8 cm³/mol. The minimum absolute atomic E-state index is 0.00231. The largest absolute Gasteiger partial charge is 0.299 e. The zero-order valence-electron chi connectivity index (χ0n) is 5.22. The van der Waals surface area contributed by atoms with Crippen LogP contribution < -0.4 is 0 Å². The number of hydrogen-bond acceptors (Lipinski definition) is 2. The first kappa shape index (κ1) is 6.46. The Morgan fingerprint density at radius 3 is 1.89 bits per heavy atom. The normalized spacial score (nSPS) is 21.8. The van der Waals surface area contributed by atoms with Gasteiger partial charge in [-0.1, -0.05) is 0 Å². The molecule has 1 saturated carbocycles. The van der Waals surface area contributed by atoms with Crippen molar-refractivity contribution in [1.82, 2.24) is 0 Å². The monoisotopic (exact) mass is 125 g/mol. The molecule has 1 aliphatic rings. The lowest BCUT2D eigenvalue weighted by Crippen LogP contribution is -2.03. The Balaban J connectivity index is 2.47. The molecular formula is C7H9O2. The van der Waals surface area contributed by atoms with Crippen molar-refractivity contribution in [3.63, 3.8) is 0 Å². The molecule has 0 aromatic carbocycles. The summed E-state index contributed by atoms with van der Waals surface area (Å²) in [6.45, 7) is 0. The molecule has 1 rings (SSSR count). The van der Waals surface area contributed by atoms with Gasteiger partial charge < -0.3 is 0 Å². The van der Waals surface area contributed by atoms with Gasteiger partial charge in [-0.2, -0.15) is 0 Å². The maximum atomic E-state index is 10.6. The van der Waals surface area contributed by atoms with Crippen molar-refractivity contribution in [2.75, 3.05) is 0 Å². The molecule has 0 amide bonds. The van der Waals surface area contributed by atoms with E-state index in [1.165, 1.54) is 6.42 Å². The van der Waals surface area contributed by atoms with Crippen LogP contribution in [0.25, 0.3) is 0 Å². The molecule has 0 aromatic heterocycles. The van der Waals surface area contributed by atoms with Crippen LogP contribution >= 0.6 is 0 Å². The molecule has 9 heavy (non-hydrogen) atoms. The van der Waals surface area contributed by atoms with Crippen LogP contribution in [0.15, 0.2) is 0 Å². The molecule has 0 spiro atoms. The molecule has 0 atom stereocenters. The summed E-state index contributed by atoms with van der Waals surface area (Å²) < 4.78 is 0. The molecule has 2 nitrogen and oxygen atoms in total. The van der Waals surface area contributed by atoms with Crippen molar-refractivity contribution in [2.24, 2.45) is 0 Å². The third-order valence-corrected chi connectivity index (χ3v) is 1.42. The summed E-state index contributed by atoms with van der Waals surface area (Å²) in [5, 5.41) is 0. The standard InChI is InChI=1S/C7H9O2/c8-6-3-1-2-4-7(9)5-6/h5H,1-4H2. The van der Waals surface area contributed by atoms with Crippen LogP contribution in [0.5, 0.6) is 0 Å². The molecule has 1 radical (unpaired) electrons. The van der Waals surface area contributed by atoms with Crippen LogP contribution in [0.4, 0.5) is 0 Å². The van der Waals surface area contributed by atoms with Gasteiger partial charge in [0, 0.05) is 12.8 Å². The highest BCUT2D eigenvalue weighted by atomic mass is 16.1. The van der Waals surface area contributed by atoms with E-state index in [2.05, 4.69) is 0 Å². The van der Waals surface area contributed by atoms with E-state index in [0.29, 0.717) is 12.8 Å². The molecule has 0 saturated heterocycles. The predicted octanol–water partition coefficient (Wildman–Crippen LogP) is 0.903. The van der Waals surface area contributed by atoms with E-state index in [1.807, 2.05) is 0 Å². The summed E-state index contributed by atoms with van der Waals surface area (Å²) in [5.74, 6) is -0.00463. The number of Topliss-reactive ketones (excluding diaryl/α,β-unsaturated/α-hetero) is 2. The van der Waals surface area contributed by atoms with Gasteiger partial charge in [0.2, 0.25) is 0 Å². The summed E-state index contributed by atoms with van der Waals surface area (Å²) in [6.07, 6.45) is 4.10. The van der Waals surface area contributed by atoms with Gasteiger partial charge in [0.15, 0.2) is 0 Å². The van der Waals surface area contributed by atoms with Crippen LogP contribution in [0.2, 0.25) is 0 Å². The first-order valence-electron chi connectivity index (χ1n) is 3.19. The smallest absolute Gasteiger partial charge is 0.144 e. The van der Waals surface area contributed by atoms with Crippen LogP contribution in [-0.4, -0.2) is 11.6 Å². The molecule has 0 N–H and O–H groups in total. The highest BCUT2D eigenvalue weighted by Gasteiger charge is 2.13. The average Bonchev–Trinajstić information content (AvgIpc) is 1.93. The Morgan fingerprint density at radius 1 is 1.00 bits per heavy atom. The summed E-state index contributed by atoms with van der Waals surface area (Å²) in [4.78, 5) is 21.2. The maximum absolute atomic E-state index is 10.6. The maximum Gasteiger partial charge on any atom is 0.144 e. The fourth-order valence-electron chi connectivity index (χ4n) is 0.922. The second-order valence-electron chi connectivity index (χ2n) is 2.28. The zero-order chi connectivity index (χ0) is 6.69. The highest BCUT2D eigenvalue weighted by molar-refractivity contribution is 6.10. The lowest BCUT2D eigenvalue weighted by Gasteiger charge is -1.86. The number of carbonyl (C=O) groups excluding carboxylic acids is 2. The molecule has 2 heteroatoms. The quantitative estimate of drug-likeness (QED) is 0.451. The van der Waals surface area contributed by atoms with Crippen LogP contribution in [0.3, 0.4) is 0 Å². The molecular weight excluding hydrogens is 116 g/mol. The van der Waals surface area contributed by atoms with Crippen molar-refractivity contribution in [2.45, 2.75) is 25.7 Å². The number of ketones is 2. The lowest BCUT2D eigenvalue weighted by atomic mass is 10.2. The first-order valence-corrected chi connectivity index (χ1v) is 3.19. The molecule has 0 aliphatic heterocycles. The highest BCUT2D eigenvalue weighted by Crippen LogP contribution is 2.09. The van der Waals surface area contributed by atoms with Gasteiger partial charge in [0.25, 0.3) is 0 Å². The molecule has 0 bridgehead atoms. The fourth-order valence-corrected chi connectivity index (χ4v) is 0.922. The van der Waals surface area contributed by atoms with Gasteiger partial charge in [0.05, 0.1) is 6.42 Å². The van der Waals surface area contributed by atoms with E-state index in [0.717, 1.165) is 12.8 Å². The molecule has 0 heterocycles. The van der Waals surface area contributed by atoms with Gasteiger partial charge >= 0.3 is 0 Å². The van der Waals surface area contributed by atoms with E-state index < -0.39 is 0 Å². The molecule has 0 aromatic rings. The Bertz CT molecular complexity index is 122. The lowest BCUT2D eigenvalue weighted by molar-refractivity contribution is -0.121. The molecule has 49 valence electrons. The second-order valence-corrected chi connectivity index (χ2v) is 2.28. The van der Waals surface area contributed by atoms with E-state index >= 15 is 0 Å². The summed E-state index contributed by atoms with van der Waals surface area (Å²) in [6, 6.07) is 0. The van der Waals surface area contributed by atoms with Crippen molar-refractivity contribution < 1.29 is 9.59 Å². The molecule has 1 aliphatic carbocycles. The first-order chi connectivity index (χ1) is 4.29. The van der Waals surface area contributed by atoms with Gasteiger partial charge in [-0.3, -0.25) is 9.59 Å². The van der Waals surface area contributed by atoms with Crippen molar-refractivity contribution in [3.05, 3.63) is 6.42 Å². The zero-order valence-corrected chi connectivity index (χ0v) is 5.22. The van der Waals surface area contributed by atoms with Gasteiger partial charge in [-0.05, 0) is 12.8 Å². The Kier molecular flexibility index (Phi) is 1.98. The minimum atomic E-state index is -0.00231. The van der Waals surface area contributed by atoms with E-state index in [-0.39, 0.29) is 11.6 Å². The van der Waals surface area contributed by atoms with E-state index in [1.54, 1.807) is 0 Å². The van der Waals surface area contributed by atoms with Gasteiger partial charge in [0.1, 0.15) is 11.6 Å². The summed E-state index contributed by atoms with van der Waals surface area (Å²) in [7, 11) is 0. The van der Waals surface area contributed by atoms with Crippen molar-refractivity contribution in [1.29, 1.82) is 0 Å². The second kappa shape index (κ2) is 2.76. The van der Waals surface area contributed by atoms with Crippen LogP contribution in [0.1, 0.15) is 25.7 Å². The van der Waals surface area contributed by atoms with E-state index in [4.69, 9.17) is 0 Å². The minimum Gasteiger partial charge on any atom is -0.299 e. The molecule has 1 fully saturated rings. The third-order valence-electron chi connectivity index (χ3n) is 1.42. The fraction of sp³-hybridized carbons (Fsp3) is 0.571. The SMILES string of the molecule is O=C1[CH]C(=O)CCCC1. The Hall–Kier alpha value is -0.660. The third kappa shape index (κ3) is 1.96. The Labute approximate surface area is 54.2 Å². The van der Waals surface area contributed by atoms with Crippen LogP contribution in [-0.2, 0) is 9.59 Å². The number of carbonyl (C=O) groups is 2.